The number of anilines is 1. The number of amides is 1. The van der Waals surface area contributed by atoms with E-state index in [0.717, 1.165) is 31.4 Å². The third-order valence-corrected chi connectivity index (χ3v) is 4.66. The fourth-order valence-corrected chi connectivity index (χ4v) is 3.03. The van der Waals surface area contributed by atoms with Crippen molar-refractivity contribution in [2.75, 3.05) is 11.9 Å². The molecule has 3 atom stereocenters. The normalized spacial score (nSPS) is 23.6. The molecule has 3 N–H and O–H groups in total. The predicted octanol–water partition coefficient (Wildman–Crippen LogP) is 3.51. The van der Waals surface area contributed by atoms with Gasteiger partial charge in [0.25, 0.3) is 0 Å². The summed E-state index contributed by atoms with van der Waals surface area (Å²) in [5.74, 6) is 1.15. The van der Waals surface area contributed by atoms with Crippen molar-refractivity contribution in [3.8, 4) is 0 Å². The number of hydrogen-bond acceptors (Lipinski definition) is 2. The first-order valence-corrected chi connectivity index (χ1v) is 7.76. The molecule has 1 amide bonds. The van der Waals surface area contributed by atoms with Crippen LogP contribution < -0.4 is 11.1 Å². The van der Waals surface area contributed by atoms with Crippen LogP contribution in [0.1, 0.15) is 51.0 Å². The lowest BCUT2D eigenvalue weighted by Gasteiger charge is -2.17. The highest BCUT2D eigenvalue weighted by Crippen LogP contribution is 2.32. The fraction of sp³-hybridized carbons (Fsp3) is 0.588. The van der Waals surface area contributed by atoms with Crippen molar-refractivity contribution >= 4 is 11.6 Å². The maximum atomic E-state index is 12.3. The van der Waals surface area contributed by atoms with Gasteiger partial charge in [-0.25, -0.2) is 0 Å². The van der Waals surface area contributed by atoms with Gasteiger partial charge in [0.05, 0.1) is 0 Å². The van der Waals surface area contributed by atoms with Crippen LogP contribution in [0.15, 0.2) is 24.3 Å². The van der Waals surface area contributed by atoms with E-state index in [1.165, 1.54) is 5.56 Å². The second-order valence-corrected chi connectivity index (χ2v) is 5.95. The van der Waals surface area contributed by atoms with Crippen molar-refractivity contribution in [1.29, 1.82) is 0 Å². The molecule has 1 aliphatic rings. The third kappa shape index (κ3) is 3.40. The molecule has 1 saturated carbocycles. The zero-order valence-corrected chi connectivity index (χ0v) is 12.6. The van der Waals surface area contributed by atoms with Crippen LogP contribution in [0.4, 0.5) is 5.69 Å². The molecular weight excluding hydrogens is 248 g/mol. The first-order chi connectivity index (χ1) is 9.65. The van der Waals surface area contributed by atoms with Gasteiger partial charge in [0.15, 0.2) is 0 Å². The lowest BCUT2D eigenvalue weighted by atomic mass is 9.95. The molecular formula is C17H26N2O. The Bertz CT molecular complexity index is 441. The van der Waals surface area contributed by atoms with E-state index in [-0.39, 0.29) is 11.8 Å². The summed E-state index contributed by atoms with van der Waals surface area (Å²) in [6.07, 6.45) is 4.30. The Hall–Kier alpha value is -1.35. The van der Waals surface area contributed by atoms with Crippen LogP contribution in [0.2, 0.25) is 0 Å². The molecule has 1 aliphatic carbocycles. The quantitative estimate of drug-likeness (QED) is 0.863. The number of hydrogen-bond donors (Lipinski definition) is 2. The zero-order chi connectivity index (χ0) is 14.5. The Labute approximate surface area is 121 Å². The van der Waals surface area contributed by atoms with E-state index in [2.05, 4.69) is 31.3 Å². The van der Waals surface area contributed by atoms with E-state index in [9.17, 15) is 4.79 Å². The number of rotatable bonds is 5. The van der Waals surface area contributed by atoms with Crippen molar-refractivity contribution < 1.29 is 4.79 Å². The minimum Gasteiger partial charge on any atom is -0.330 e. The van der Waals surface area contributed by atoms with Crippen LogP contribution >= 0.6 is 0 Å². The molecule has 3 heteroatoms. The van der Waals surface area contributed by atoms with Gasteiger partial charge in [-0.2, -0.15) is 0 Å². The molecule has 2 rings (SSSR count). The summed E-state index contributed by atoms with van der Waals surface area (Å²) in [4.78, 5) is 12.3. The molecule has 0 radical (unpaired) electrons. The molecule has 3 unspecified atom stereocenters. The summed E-state index contributed by atoms with van der Waals surface area (Å²) in [6.45, 7) is 5.02. The van der Waals surface area contributed by atoms with Crippen LogP contribution in [0.3, 0.4) is 0 Å². The lowest BCUT2D eigenvalue weighted by Crippen LogP contribution is -2.29. The summed E-state index contributed by atoms with van der Waals surface area (Å²) in [5.41, 5.74) is 7.96. The standard InChI is InChI=1S/C17H26N2O/c1-3-12(2)13-7-9-15(10-8-13)19-17(20)16-6-4-5-14(16)11-18/h7-10,12,14,16H,3-6,11,18H2,1-2H3,(H,19,20). The molecule has 0 saturated heterocycles. The Morgan fingerprint density at radius 3 is 2.65 bits per heavy atom. The second-order valence-electron chi connectivity index (χ2n) is 5.95. The summed E-state index contributed by atoms with van der Waals surface area (Å²) < 4.78 is 0. The third-order valence-electron chi connectivity index (χ3n) is 4.66. The van der Waals surface area contributed by atoms with Crippen LogP contribution in [-0.2, 0) is 4.79 Å². The largest absolute Gasteiger partial charge is 0.330 e. The number of nitrogens with one attached hydrogen (secondary N) is 1. The minimum atomic E-state index is 0.0919. The second kappa shape index (κ2) is 6.89. The van der Waals surface area contributed by atoms with Gasteiger partial charge in [-0.05, 0) is 55.3 Å². The Morgan fingerprint density at radius 1 is 1.35 bits per heavy atom. The van der Waals surface area contributed by atoms with Crippen LogP contribution in [0.5, 0.6) is 0 Å². The summed E-state index contributed by atoms with van der Waals surface area (Å²) >= 11 is 0. The van der Waals surface area contributed by atoms with E-state index in [0.29, 0.717) is 18.4 Å². The highest BCUT2D eigenvalue weighted by molar-refractivity contribution is 5.92. The maximum Gasteiger partial charge on any atom is 0.227 e. The molecule has 0 bridgehead atoms. The molecule has 0 heterocycles. The fourth-order valence-electron chi connectivity index (χ4n) is 3.03. The molecule has 3 nitrogen and oxygen atoms in total. The minimum absolute atomic E-state index is 0.0919. The van der Waals surface area contributed by atoms with Crippen LogP contribution in [-0.4, -0.2) is 12.5 Å². The molecule has 0 aliphatic heterocycles. The van der Waals surface area contributed by atoms with Crippen molar-refractivity contribution in [1.82, 2.24) is 0 Å². The summed E-state index contributed by atoms with van der Waals surface area (Å²) in [5, 5.41) is 3.04. The number of benzene rings is 1. The molecule has 1 aromatic rings. The van der Waals surface area contributed by atoms with E-state index in [1.807, 2.05) is 12.1 Å². The van der Waals surface area contributed by atoms with Crippen molar-refractivity contribution in [3.05, 3.63) is 29.8 Å². The topological polar surface area (TPSA) is 55.1 Å². The summed E-state index contributed by atoms with van der Waals surface area (Å²) in [6, 6.07) is 8.23. The smallest absolute Gasteiger partial charge is 0.227 e. The van der Waals surface area contributed by atoms with E-state index >= 15 is 0 Å². The zero-order valence-electron chi connectivity index (χ0n) is 12.6. The average Bonchev–Trinajstić information content (AvgIpc) is 2.95. The maximum absolute atomic E-state index is 12.3. The Balaban J connectivity index is 1.97. The Kier molecular flexibility index (Phi) is 5.18. The molecule has 0 aromatic heterocycles. The molecule has 0 spiro atoms. The number of carbonyl (C=O) groups excluding carboxylic acids is 1. The van der Waals surface area contributed by atoms with Crippen molar-refractivity contribution in [3.63, 3.8) is 0 Å². The van der Waals surface area contributed by atoms with Gasteiger partial charge < -0.3 is 11.1 Å². The van der Waals surface area contributed by atoms with Gasteiger partial charge in [0, 0.05) is 11.6 Å². The van der Waals surface area contributed by atoms with Gasteiger partial charge in [-0.15, -0.1) is 0 Å². The lowest BCUT2D eigenvalue weighted by molar-refractivity contribution is -0.120. The van der Waals surface area contributed by atoms with Gasteiger partial charge in [0.2, 0.25) is 5.91 Å². The van der Waals surface area contributed by atoms with E-state index in [1.54, 1.807) is 0 Å². The van der Waals surface area contributed by atoms with Gasteiger partial charge in [-0.1, -0.05) is 32.4 Å². The van der Waals surface area contributed by atoms with Crippen LogP contribution in [0, 0.1) is 11.8 Å². The Morgan fingerprint density at radius 2 is 2.05 bits per heavy atom. The first kappa shape index (κ1) is 15.0. The van der Waals surface area contributed by atoms with E-state index < -0.39 is 0 Å². The van der Waals surface area contributed by atoms with Gasteiger partial charge >= 0.3 is 0 Å². The first-order valence-electron chi connectivity index (χ1n) is 7.76. The summed E-state index contributed by atoms with van der Waals surface area (Å²) in [7, 11) is 0. The molecule has 20 heavy (non-hydrogen) atoms. The van der Waals surface area contributed by atoms with E-state index in [4.69, 9.17) is 5.73 Å². The molecule has 1 fully saturated rings. The highest BCUT2D eigenvalue weighted by atomic mass is 16.1. The average molecular weight is 274 g/mol. The number of carbonyl (C=O) groups is 1. The van der Waals surface area contributed by atoms with Crippen molar-refractivity contribution in [2.45, 2.75) is 45.4 Å². The van der Waals surface area contributed by atoms with Gasteiger partial charge in [0.1, 0.15) is 0 Å². The highest BCUT2D eigenvalue weighted by Gasteiger charge is 2.31. The van der Waals surface area contributed by atoms with Crippen molar-refractivity contribution in [2.24, 2.45) is 17.6 Å². The monoisotopic (exact) mass is 274 g/mol. The molecule has 110 valence electrons. The SMILES string of the molecule is CCC(C)c1ccc(NC(=O)C2CCCC2CN)cc1. The predicted molar refractivity (Wildman–Crippen MR) is 83.7 cm³/mol. The molecule has 1 aromatic carbocycles. The number of nitrogens with two attached hydrogens (primary N) is 1. The van der Waals surface area contributed by atoms with Gasteiger partial charge in [-0.3, -0.25) is 4.79 Å². The van der Waals surface area contributed by atoms with Crippen LogP contribution in [0.25, 0.3) is 0 Å².